The summed E-state index contributed by atoms with van der Waals surface area (Å²) in [5, 5.41) is 13.0. The molecule has 2 heterocycles. The zero-order chi connectivity index (χ0) is 16.9. The fraction of sp³-hybridized carbons (Fsp3) is 0.611. The summed E-state index contributed by atoms with van der Waals surface area (Å²) < 4.78 is 16.4. The molecule has 0 radical (unpaired) electrons. The molecule has 1 unspecified atom stereocenters. The summed E-state index contributed by atoms with van der Waals surface area (Å²) in [4.78, 5) is 12.3. The lowest BCUT2D eigenvalue weighted by Crippen LogP contribution is -2.46. The Balaban J connectivity index is 1.56. The summed E-state index contributed by atoms with van der Waals surface area (Å²) in [6.07, 6.45) is 0.292. The molecule has 2 aliphatic rings. The minimum absolute atomic E-state index is 0.111. The molecule has 0 bridgehead atoms. The Labute approximate surface area is 142 Å². The maximum absolute atomic E-state index is 12.3. The Morgan fingerprint density at radius 2 is 2.17 bits per heavy atom. The van der Waals surface area contributed by atoms with Crippen molar-refractivity contribution >= 4 is 6.09 Å². The fourth-order valence-electron chi connectivity index (χ4n) is 3.31. The van der Waals surface area contributed by atoms with Crippen LogP contribution < -0.4 is 5.32 Å². The third kappa shape index (κ3) is 4.06. The second kappa shape index (κ2) is 7.96. The number of carbonyl (C=O) groups excluding carboxylic acids is 1. The van der Waals surface area contributed by atoms with Crippen molar-refractivity contribution in [3.63, 3.8) is 0 Å². The smallest absolute Gasteiger partial charge is 0.407 e. The Hall–Kier alpha value is -1.63. The molecule has 0 aromatic heterocycles. The van der Waals surface area contributed by atoms with E-state index in [4.69, 9.17) is 14.2 Å². The maximum Gasteiger partial charge on any atom is 0.407 e. The van der Waals surface area contributed by atoms with Gasteiger partial charge in [0.2, 0.25) is 0 Å². The van der Waals surface area contributed by atoms with E-state index in [2.05, 4.69) is 5.32 Å². The highest BCUT2D eigenvalue weighted by atomic mass is 16.7. The topological polar surface area (TPSA) is 77.0 Å². The van der Waals surface area contributed by atoms with Crippen LogP contribution in [0.4, 0.5) is 4.79 Å². The molecule has 1 aromatic rings. The molecule has 1 amide bonds. The molecule has 132 valence electrons. The van der Waals surface area contributed by atoms with E-state index < -0.39 is 12.2 Å². The molecule has 2 N–H and O–H groups in total. The van der Waals surface area contributed by atoms with Crippen LogP contribution in [-0.2, 0) is 20.6 Å². The van der Waals surface area contributed by atoms with Gasteiger partial charge in [0, 0.05) is 0 Å². The SMILES string of the molecule is CC[C@@H](O)[C@H](Cc1ccccc1)NC(=O)O[C@H]1COC2OCC[C@H]21. The molecule has 3 rings (SSSR count). The van der Waals surface area contributed by atoms with E-state index in [1.54, 1.807) is 0 Å². The van der Waals surface area contributed by atoms with E-state index in [0.29, 0.717) is 26.1 Å². The largest absolute Gasteiger partial charge is 0.443 e. The van der Waals surface area contributed by atoms with Crippen LogP contribution in [0.25, 0.3) is 0 Å². The standard InChI is InChI=1S/C18H25NO5/c1-2-15(20)14(10-12-6-4-3-5-7-12)19-18(21)24-16-11-23-17-13(16)8-9-22-17/h3-7,13-17,20H,2,8-11H2,1H3,(H,19,21)/t13-,14-,15+,16-,17?/m0/s1. The average Bonchev–Trinajstić information content (AvgIpc) is 3.19. The van der Waals surface area contributed by atoms with Gasteiger partial charge in [0.15, 0.2) is 6.29 Å². The normalized spacial score (nSPS) is 28.2. The molecule has 1 aromatic carbocycles. The van der Waals surface area contributed by atoms with Gasteiger partial charge in [0.05, 0.1) is 31.3 Å². The van der Waals surface area contributed by atoms with E-state index in [1.807, 2.05) is 37.3 Å². The van der Waals surface area contributed by atoms with Crippen molar-refractivity contribution in [1.82, 2.24) is 5.32 Å². The van der Waals surface area contributed by atoms with Gasteiger partial charge in [-0.2, -0.15) is 0 Å². The minimum Gasteiger partial charge on any atom is -0.443 e. The molecular formula is C18H25NO5. The minimum atomic E-state index is -0.625. The number of fused-ring (bicyclic) bond motifs is 1. The first kappa shape index (κ1) is 17.2. The number of alkyl carbamates (subject to hydrolysis) is 1. The Morgan fingerprint density at radius 1 is 1.38 bits per heavy atom. The number of hydrogen-bond acceptors (Lipinski definition) is 5. The Morgan fingerprint density at radius 3 is 2.92 bits per heavy atom. The van der Waals surface area contributed by atoms with Gasteiger partial charge in [-0.05, 0) is 24.8 Å². The highest BCUT2D eigenvalue weighted by molar-refractivity contribution is 5.68. The molecule has 0 spiro atoms. The van der Waals surface area contributed by atoms with E-state index in [-0.39, 0.29) is 24.4 Å². The van der Waals surface area contributed by atoms with Crippen LogP contribution in [0.2, 0.25) is 0 Å². The number of nitrogens with one attached hydrogen (secondary N) is 1. The summed E-state index contributed by atoms with van der Waals surface area (Å²) in [5.74, 6) is 0.111. The van der Waals surface area contributed by atoms with Gasteiger partial charge in [-0.25, -0.2) is 4.79 Å². The highest BCUT2D eigenvalue weighted by Crippen LogP contribution is 2.32. The lowest BCUT2D eigenvalue weighted by molar-refractivity contribution is -0.0907. The van der Waals surface area contributed by atoms with E-state index in [1.165, 1.54) is 0 Å². The van der Waals surface area contributed by atoms with Crippen molar-refractivity contribution in [2.75, 3.05) is 13.2 Å². The highest BCUT2D eigenvalue weighted by Gasteiger charge is 2.44. The number of aliphatic hydroxyl groups excluding tert-OH is 1. The number of hydrogen-bond donors (Lipinski definition) is 2. The van der Waals surface area contributed by atoms with Crippen molar-refractivity contribution < 1.29 is 24.1 Å². The molecule has 24 heavy (non-hydrogen) atoms. The molecule has 6 heteroatoms. The van der Waals surface area contributed by atoms with Crippen molar-refractivity contribution in [2.45, 2.75) is 50.7 Å². The molecule has 0 aliphatic carbocycles. The van der Waals surface area contributed by atoms with Crippen LogP contribution >= 0.6 is 0 Å². The van der Waals surface area contributed by atoms with Crippen LogP contribution in [-0.4, -0.2) is 49.0 Å². The van der Waals surface area contributed by atoms with Gasteiger partial charge in [-0.15, -0.1) is 0 Å². The number of rotatable bonds is 6. The quantitative estimate of drug-likeness (QED) is 0.830. The fourth-order valence-corrected chi connectivity index (χ4v) is 3.31. The second-order valence-corrected chi connectivity index (χ2v) is 6.38. The Bertz CT molecular complexity index is 537. The van der Waals surface area contributed by atoms with Crippen molar-refractivity contribution in [2.24, 2.45) is 5.92 Å². The number of carbonyl (C=O) groups is 1. The molecule has 2 fully saturated rings. The molecule has 6 nitrogen and oxygen atoms in total. The van der Waals surface area contributed by atoms with E-state index >= 15 is 0 Å². The number of ether oxygens (including phenoxy) is 3. The van der Waals surface area contributed by atoms with Gasteiger partial charge in [-0.1, -0.05) is 37.3 Å². The molecule has 2 aliphatic heterocycles. The molecular weight excluding hydrogens is 310 g/mol. The van der Waals surface area contributed by atoms with Gasteiger partial charge in [0.25, 0.3) is 0 Å². The number of benzene rings is 1. The van der Waals surface area contributed by atoms with Crippen molar-refractivity contribution in [3.8, 4) is 0 Å². The van der Waals surface area contributed by atoms with Gasteiger partial charge in [-0.3, -0.25) is 0 Å². The summed E-state index contributed by atoms with van der Waals surface area (Å²) in [6, 6.07) is 9.40. The third-order valence-corrected chi connectivity index (χ3v) is 4.73. The third-order valence-electron chi connectivity index (χ3n) is 4.73. The summed E-state index contributed by atoms with van der Waals surface area (Å²) in [6.45, 7) is 2.89. The maximum atomic E-state index is 12.3. The second-order valence-electron chi connectivity index (χ2n) is 6.38. The van der Waals surface area contributed by atoms with Gasteiger partial charge >= 0.3 is 6.09 Å². The molecule has 2 saturated heterocycles. The molecule has 0 saturated carbocycles. The van der Waals surface area contributed by atoms with Gasteiger partial charge < -0.3 is 24.6 Å². The van der Waals surface area contributed by atoms with Crippen LogP contribution in [0, 0.1) is 5.92 Å². The molecule has 5 atom stereocenters. The Kier molecular flexibility index (Phi) is 5.71. The lowest BCUT2D eigenvalue weighted by atomic mass is 10.00. The first-order chi connectivity index (χ1) is 11.7. The summed E-state index contributed by atoms with van der Waals surface area (Å²) in [7, 11) is 0. The van der Waals surface area contributed by atoms with Crippen molar-refractivity contribution in [1.29, 1.82) is 0 Å². The first-order valence-electron chi connectivity index (χ1n) is 8.59. The van der Waals surface area contributed by atoms with Gasteiger partial charge in [0.1, 0.15) is 6.10 Å². The first-order valence-corrected chi connectivity index (χ1v) is 8.59. The predicted molar refractivity (Wildman–Crippen MR) is 87.4 cm³/mol. The van der Waals surface area contributed by atoms with Crippen LogP contribution in [0.5, 0.6) is 0 Å². The lowest BCUT2D eigenvalue weighted by Gasteiger charge is -2.24. The van der Waals surface area contributed by atoms with E-state index in [0.717, 1.165) is 12.0 Å². The van der Waals surface area contributed by atoms with Crippen LogP contribution in [0.3, 0.4) is 0 Å². The van der Waals surface area contributed by atoms with Crippen LogP contribution in [0.15, 0.2) is 30.3 Å². The zero-order valence-corrected chi connectivity index (χ0v) is 13.9. The average molecular weight is 335 g/mol. The summed E-state index contributed by atoms with van der Waals surface area (Å²) in [5.41, 5.74) is 1.06. The number of aliphatic hydroxyl groups is 1. The summed E-state index contributed by atoms with van der Waals surface area (Å²) >= 11 is 0. The predicted octanol–water partition coefficient (Wildman–Crippen LogP) is 1.86. The van der Waals surface area contributed by atoms with Crippen molar-refractivity contribution in [3.05, 3.63) is 35.9 Å². The van der Waals surface area contributed by atoms with E-state index in [9.17, 15) is 9.90 Å². The number of amides is 1. The monoisotopic (exact) mass is 335 g/mol. The zero-order valence-electron chi connectivity index (χ0n) is 13.9. The van der Waals surface area contributed by atoms with Crippen LogP contribution in [0.1, 0.15) is 25.3 Å².